The molecule has 1 aliphatic rings. The molecule has 2 heterocycles. The van der Waals surface area contributed by atoms with E-state index in [0.29, 0.717) is 11.3 Å². The lowest BCUT2D eigenvalue weighted by Crippen LogP contribution is -2.36. The van der Waals surface area contributed by atoms with Crippen LogP contribution in [0.15, 0.2) is 54.7 Å². The number of nitrogens with one attached hydrogen (secondary N) is 1. The summed E-state index contributed by atoms with van der Waals surface area (Å²) in [6.45, 7) is 6.99. The lowest BCUT2D eigenvalue weighted by atomic mass is 10.1. The first-order valence-corrected chi connectivity index (χ1v) is 10.1. The summed E-state index contributed by atoms with van der Waals surface area (Å²) in [6.07, 6.45) is 1.71. The molecule has 4 rings (SSSR count). The first-order valence-electron chi connectivity index (χ1n) is 10.1. The first-order chi connectivity index (χ1) is 14.5. The average molecular weight is 408 g/mol. The fraction of sp³-hybridized carbons (Fsp3) is 0.304. The minimum atomic E-state index is -0.314. The number of morpholine rings is 1. The van der Waals surface area contributed by atoms with Crippen molar-refractivity contribution in [3.63, 3.8) is 0 Å². The van der Waals surface area contributed by atoms with Crippen molar-refractivity contribution in [1.29, 1.82) is 0 Å². The summed E-state index contributed by atoms with van der Waals surface area (Å²) in [7, 11) is 0. The van der Waals surface area contributed by atoms with Gasteiger partial charge in [-0.05, 0) is 56.3 Å². The Hall–Kier alpha value is -3.19. The van der Waals surface area contributed by atoms with Crippen molar-refractivity contribution in [3.8, 4) is 5.69 Å². The highest BCUT2D eigenvalue weighted by atomic mass is 19.1. The van der Waals surface area contributed by atoms with Crippen LogP contribution in [0.3, 0.4) is 0 Å². The van der Waals surface area contributed by atoms with Crippen LogP contribution in [0.2, 0.25) is 0 Å². The van der Waals surface area contributed by atoms with Crippen molar-refractivity contribution in [2.75, 3.05) is 31.2 Å². The fourth-order valence-electron chi connectivity index (χ4n) is 3.72. The van der Waals surface area contributed by atoms with Crippen molar-refractivity contribution in [2.24, 2.45) is 0 Å². The minimum absolute atomic E-state index is 0.145. The van der Waals surface area contributed by atoms with Gasteiger partial charge in [0.25, 0.3) is 5.91 Å². The van der Waals surface area contributed by atoms with Crippen molar-refractivity contribution < 1.29 is 13.9 Å². The van der Waals surface area contributed by atoms with E-state index in [0.717, 1.165) is 43.2 Å². The topological polar surface area (TPSA) is 59.4 Å². The number of hydrogen-bond acceptors (Lipinski definition) is 4. The number of amides is 1. The molecule has 1 unspecified atom stereocenters. The lowest BCUT2D eigenvalue weighted by Gasteiger charge is -2.28. The number of ether oxygens (including phenoxy) is 1. The highest BCUT2D eigenvalue weighted by molar-refractivity contribution is 5.94. The van der Waals surface area contributed by atoms with Gasteiger partial charge in [0.05, 0.1) is 31.1 Å². The van der Waals surface area contributed by atoms with Crippen LogP contribution in [0.25, 0.3) is 5.69 Å². The van der Waals surface area contributed by atoms with Crippen LogP contribution in [0.1, 0.15) is 34.6 Å². The Labute approximate surface area is 175 Å². The Bertz CT molecular complexity index is 1030. The Morgan fingerprint density at radius 3 is 2.57 bits per heavy atom. The smallest absolute Gasteiger partial charge is 0.251 e. The maximum atomic E-state index is 13.5. The summed E-state index contributed by atoms with van der Waals surface area (Å²) in [5.74, 6) is -0.459. The number of carbonyl (C=O) groups is 1. The summed E-state index contributed by atoms with van der Waals surface area (Å²) in [6, 6.07) is 13.7. The van der Waals surface area contributed by atoms with E-state index in [-0.39, 0.29) is 17.8 Å². The number of anilines is 1. The zero-order chi connectivity index (χ0) is 21.1. The third-order valence-corrected chi connectivity index (χ3v) is 5.42. The lowest BCUT2D eigenvalue weighted by molar-refractivity contribution is 0.0939. The summed E-state index contributed by atoms with van der Waals surface area (Å²) in [5.41, 5.74) is 4.09. The standard InChI is InChI=1S/C23H25FN4O2/c1-16(22-15-25-28(17(22)2)21-5-3-4-19(24)14-21)26-23(29)18-6-8-20(9-7-18)27-10-12-30-13-11-27/h3-9,14-16H,10-13H2,1-2H3,(H,26,29). The van der Waals surface area contributed by atoms with Crippen molar-refractivity contribution >= 4 is 11.6 Å². The molecule has 0 spiro atoms. The second-order valence-corrected chi connectivity index (χ2v) is 7.42. The largest absolute Gasteiger partial charge is 0.378 e. The van der Waals surface area contributed by atoms with Crippen LogP contribution in [0, 0.1) is 12.7 Å². The molecular weight excluding hydrogens is 383 g/mol. The van der Waals surface area contributed by atoms with Crippen molar-refractivity contribution in [3.05, 3.63) is 77.4 Å². The van der Waals surface area contributed by atoms with Gasteiger partial charge < -0.3 is 15.0 Å². The molecule has 1 N–H and O–H groups in total. The Morgan fingerprint density at radius 2 is 1.87 bits per heavy atom. The summed E-state index contributed by atoms with van der Waals surface area (Å²) in [5, 5.41) is 7.40. The van der Waals surface area contributed by atoms with E-state index in [1.165, 1.54) is 12.1 Å². The Balaban J connectivity index is 1.45. The second kappa shape index (κ2) is 8.67. The highest BCUT2D eigenvalue weighted by Gasteiger charge is 2.18. The number of hydrogen-bond donors (Lipinski definition) is 1. The van der Waals surface area contributed by atoms with Crippen LogP contribution in [-0.4, -0.2) is 42.0 Å². The van der Waals surface area contributed by atoms with Crippen LogP contribution in [0.5, 0.6) is 0 Å². The fourth-order valence-corrected chi connectivity index (χ4v) is 3.72. The van der Waals surface area contributed by atoms with E-state index in [1.807, 2.05) is 38.1 Å². The third-order valence-electron chi connectivity index (χ3n) is 5.42. The normalized spacial score (nSPS) is 15.1. The molecule has 0 bridgehead atoms. The maximum Gasteiger partial charge on any atom is 0.251 e. The van der Waals surface area contributed by atoms with Crippen molar-refractivity contribution in [2.45, 2.75) is 19.9 Å². The number of benzene rings is 2. The van der Waals surface area contributed by atoms with E-state index in [2.05, 4.69) is 15.3 Å². The molecule has 6 nitrogen and oxygen atoms in total. The van der Waals surface area contributed by atoms with E-state index in [4.69, 9.17) is 4.74 Å². The molecule has 1 amide bonds. The number of nitrogens with zero attached hydrogens (tertiary/aromatic N) is 3. The Kier molecular flexibility index (Phi) is 5.81. The molecule has 0 saturated carbocycles. The molecule has 7 heteroatoms. The van der Waals surface area contributed by atoms with Gasteiger partial charge >= 0.3 is 0 Å². The summed E-state index contributed by atoms with van der Waals surface area (Å²) in [4.78, 5) is 15.0. The molecule has 1 saturated heterocycles. The Morgan fingerprint density at radius 1 is 1.13 bits per heavy atom. The van der Waals surface area contributed by atoms with E-state index >= 15 is 0 Å². The molecule has 0 radical (unpaired) electrons. The molecule has 1 aromatic heterocycles. The quantitative estimate of drug-likeness (QED) is 0.700. The molecule has 156 valence electrons. The maximum absolute atomic E-state index is 13.5. The van der Waals surface area contributed by atoms with Crippen molar-refractivity contribution in [1.82, 2.24) is 15.1 Å². The van der Waals surface area contributed by atoms with Gasteiger partial charge in [-0.1, -0.05) is 6.07 Å². The molecule has 30 heavy (non-hydrogen) atoms. The van der Waals surface area contributed by atoms with Gasteiger partial charge in [-0.2, -0.15) is 5.10 Å². The van der Waals surface area contributed by atoms with E-state index in [9.17, 15) is 9.18 Å². The second-order valence-electron chi connectivity index (χ2n) is 7.42. The predicted octanol–water partition coefficient (Wildman–Crippen LogP) is 3.65. The van der Waals surface area contributed by atoms with Gasteiger partial charge in [0.2, 0.25) is 0 Å². The van der Waals surface area contributed by atoms with Gasteiger partial charge in [-0.3, -0.25) is 4.79 Å². The first kappa shape index (κ1) is 20.1. The van der Waals surface area contributed by atoms with Crippen LogP contribution < -0.4 is 10.2 Å². The molecule has 1 aliphatic heterocycles. The van der Waals surface area contributed by atoms with Crippen LogP contribution in [-0.2, 0) is 4.74 Å². The van der Waals surface area contributed by atoms with Gasteiger partial charge in [0, 0.05) is 35.6 Å². The third kappa shape index (κ3) is 4.21. The predicted molar refractivity (Wildman–Crippen MR) is 114 cm³/mol. The van der Waals surface area contributed by atoms with Gasteiger partial charge in [0.15, 0.2) is 0 Å². The zero-order valence-electron chi connectivity index (χ0n) is 17.1. The molecule has 2 aromatic carbocycles. The summed E-state index contributed by atoms with van der Waals surface area (Å²) < 4.78 is 20.6. The number of aromatic nitrogens is 2. The number of halogens is 1. The number of rotatable bonds is 5. The highest BCUT2D eigenvalue weighted by Crippen LogP contribution is 2.22. The van der Waals surface area contributed by atoms with Gasteiger partial charge in [-0.25, -0.2) is 9.07 Å². The van der Waals surface area contributed by atoms with Crippen LogP contribution in [0.4, 0.5) is 10.1 Å². The minimum Gasteiger partial charge on any atom is -0.378 e. The molecule has 1 atom stereocenters. The molecule has 3 aromatic rings. The number of carbonyl (C=O) groups excluding carboxylic acids is 1. The molecule has 1 fully saturated rings. The SMILES string of the molecule is Cc1c(C(C)NC(=O)c2ccc(N3CCOCC3)cc2)cnn1-c1cccc(F)c1. The van der Waals surface area contributed by atoms with E-state index in [1.54, 1.807) is 23.0 Å². The average Bonchev–Trinajstić information content (AvgIpc) is 3.16. The van der Waals surface area contributed by atoms with Gasteiger partial charge in [-0.15, -0.1) is 0 Å². The van der Waals surface area contributed by atoms with E-state index < -0.39 is 0 Å². The van der Waals surface area contributed by atoms with Gasteiger partial charge in [0.1, 0.15) is 5.82 Å². The molecular formula is C23H25FN4O2. The molecule has 0 aliphatic carbocycles. The zero-order valence-corrected chi connectivity index (χ0v) is 17.1. The monoisotopic (exact) mass is 408 g/mol. The van der Waals surface area contributed by atoms with Crippen LogP contribution >= 0.6 is 0 Å². The summed E-state index contributed by atoms with van der Waals surface area (Å²) >= 11 is 0.